The molecule has 0 radical (unpaired) electrons. The molecule has 0 bridgehead atoms. The molecule has 0 aromatic heterocycles. The average Bonchev–Trinajstić information content (AvgIpc) is 2.77. The highest BCUT2D eigenvalue weighted by Gasteiger charge is 2.37. The summed E-state index contributed by atoms with van der Waals surface area (Å²) in [6.07, 6.45) is 1.28. The number of anilines is 1. The maximum atomic E-state index is 13.0. The van der Waals surface area contributed by atoms with Gasteiger partial charge < -0.3 is 4.74 Å². The van der Waals surface area contributed by atoms with Crippen LogP contribution in [0.2, 0.25) is 20.1 Å². The van der Waals surface area contributed by atoms with Gasteiger partial charge in [-0.1, -0.05) is 70.7 Å². The molecule has 1 N–H and O–H groups in total. The van der Waals surface area contributed by atoms with E-state index in [1.54, 1.807) is 30.3 Å². The van der Waals surface area contributed by atoms with Gasteiger partial charge in [-0.05, 0) is 53.6 Å². The third kappa shape index (κ3) is 5.05. The standard InChI is InChI=1S/C24H14Cl4N2O4/c25-15-5-3-4-13(8-15)12-34-21-18(27)10-14(11-19(21)28)9-16-22(31)29-24(33)30(23(16)32)20-7-2-1-6-17(20)26/h1-11H,12H2,(H,29,31,33)/b16-9+. The summed E-state index contributed by atoms with van der Waals surface area (Å²) in [6.45, 7) is 0.177. The first-order valence-corrected chi connectivity index (χ1v) is 11.3. The monoisotopic (exact) mass is 534 g/mol. The van der Waals surface area contributed by atoms with Gasteiger partial charge in [0.1, 0.15) is 12.2 Å². The molecule has 0 atom stereocenters. The van der Waals surface area contributed by atoms with E-state index in [1.165, 1.54) is 30.3 Å². The first-order chi connectivity index (χ1) is 16.2. The fourth-order valence-electron chi connectivity index (χ4n) is 3.26. The fraction of sp³-hybridized carbons (Fsp3) is 0.0417. The van der Waals surface area contributed by atoms with Gasteiger partial charge in [-0.2, -0.15) is 0 Å². The van der Waals surface area contributed by atoms with Gasteiger partial charge >= 0.3 is 6.03 Å². The molecule has 172 valence electrons. The van der Waals surface area contributed by atoms with Crippen molar-refractivity contribution in [3.8, 4) is 5.75 Å². The number of carbonyl (C=O) groups excluding carboxylic acids is 3. The van der Waals surface area contributed by atoms with Crippen LogP contribution in [0.1, 0.15) is 11.1 Å². The molecule has 0 aliphatic carbocycles. The van der Waals surface area contributed by atoms with Crippen molar-refractivity contribution in [3.05, 3.63) is 97.5 Å². The molecule has 0 saturated carbocycles. The highest BCUT2D eigenvalue weighted by Crippen LogP contribution is 2.36. The first-order valence-electron chi connectivity index (χ1n) is 9.77. The zero-order chi connectivity index (χ0) is 24.4. The summed E-state index contributed by atoms with van der Waals surface area (Å²) in [5.41, 5.74) is 1.03. The van der Waals surface area contributed by atoms with Crippen molar-refractivity contribution in [2.24, 2.45) is 0 Å². The van der Waals surface area contributed by atoms with Crippen molar-refractivity contribution in [1.29, 1.82) is 0 Å². The van der Waals surface area contributed by atoms with E-state index in [4.69, 9.17) is 51.1 Å². The number of nitrogens with zero attached hydrogens (tertiary/aromatic N) is 1. The second kappa shape index (κ2) is 10.1. The molecule has 4 amide bonds. The van der Waals surface area contributed by atoms with Crippen molar-refractivity contribution in [3.63, 3.8) is 0 Å². The summed E-state index contributed by atoms with van der Waals surface area (Å²) >= 11 is 24.8. The summed E-state index contributed by atoms with van der Waals surface area (Å²) in [4.78, 5) is 38.6. The summed E-state index contributed by atoms with van der Waals surface area (Å²) in [5, 5.41) is 3.22. The lowest BCUT2D eigenvalue weighted by Gasteiger charge is -2.27. The third-order valence-electron chi connectivity index (χ3n) is 4.80. The van der Waals surface area contributed by atoms with E-state index in [1.807, 2.05) is 6.07 Å². The number of hydrogen-bond acceptors (Lipinski definition) is 4. The van der Waals surface area contributed by atoms with E-state index in [0.717, 1.165) is 10.5 Å². The van der Waals surface area contributed by atoms with Crippen LogP contribution in [-0.4, -0.2) is 17.8 Å². The minimum atomic E-state index is -0.902. The van der Waals surface area contributed by atoms with E-state index >= 15 is 0 Å². The van der Waals surface area contributed by atoms with Gasteiger partial charge in [-0.15, -0.1) is 0 Å². The third-order valence-corrected chi connectivity index (χ3v) is 5.92. The molecule has 1 aliphatic heterocycles. The number of carbonyl (C=O) groups is 3. The lowest BCUT2D eigenvalue weighted by molar-refractivity contribution is -0.122. The lowest BCUT2D eigenvalue weighted by atomic mass is 10.1. The summed E-state index contributed by atoms with van der Waals surface area (Å²) in [5.74, 6) is -1.46. The van der Waals surface area contributed by atoms with Crippen molar-refractivity contribution in [2.45, 2.75) is 6.61 Å². The predicted molar refractivity (Wildman–Crippen MR) is 133 cm³/mol. The van der Waals surface area contributed by atoms with Crippen LogP contribution in [0, 0.1) is 0 Å². The first kappa shape index (κ1) is 24.1. The molecule has 3 aromatic carbocycles. The predicted octanol–water partition coefficient (Wildman–Crippen LogP) is 6.55. The van der Waals surface area contributed by atoms with Crippen molar-refractivity contribution >= 4 is 76.0 Å². The number of halogens is 4. The van der Waals surface area contributed by atoms with E-state index in [-0.39, 0.29) is 38.7 Å². The fourth-order valence-corrected chi connectivity index (χ4v) is 4.31. The number of ether oxygens (including phenoxy) is 1. The van der Waals surface area contributed by atoms with E-state index < -0.39 is 17.8 Å². The number of benzene rings is 3. The number of barbiturate groups is 1. The summed E-state index contributed by atoms with van der Waals surface area (Å²) in [6, 6.07) is 15.5. The molecule has 34 heavy (non-hydrogen) atoms. The quantitative estimate of drug-likeness (QED) is 0.297. The lowest BCUT2D eigenvalue weighted by Crippen LogP contribution is -2.54. The summed E-state index contributed by atoms with van der Waals surface area (Å²) < 4.78 is 5.74. The van der Waals surface area contributed by atoms with Gasteiger partial charge in [-0.25, -0.2) is 9.69 Å². The molecular weight excluding hydrogens is 522 g/mol. The van der Waals surface area contributed by atoms with E-state index in [2.05, 4.69) is 5.32 Å². The number of urea groups is 1. The smallest absolute Gasteiger partial charge is 0.335 e. The van der Waals surface area contributed by atoms with Gasteiger partial charge in [0, 0.05) is 5.02 Å². The van der Waals surface area contributed by atoms with E-state index in [0.29, 0.717) is 10.6 Å². The Morgan fingerprint density at radius 1 is 0.853 bits per heavy atom. The van der Waals surface area contributed by atoms with Crippen LogP contribution >= 0.6 is 46.4 Å². The van der Waals surface area contributed by atoms with Gasteiger partial charge in [0.25, 0.3) is 11.8 Å². The Labute approximate surface area is 214 Å². The van der Waals surface area contributed by atoms with Gasteiger partial charge in [0.15, 0.2) is 5.75 Å². The minimum Gasteiger partial charge on any atom is -0.486 e. The molecule has 0 unspecified atom stereocenters. The molecule has 1 heterocycles. The highest BCUT2D eigenvalue weighted by molar-refractivity contribution is 6.42. The molecule has 1 saturated heterocycles. The highest BCUT2D eigenvalue weighted by atomic mass is 35.5. The zero-order valence-corrected chi connectivity index (χ0v) is 20.2. The average molecular weight is 536 g/mol. The maximum absolute atomic E-state index is 13.0. The number of rotatable bonds is 5. The van der Waals surface area contributed by atoms with Crippen LogP contribution in [0.4, 0.5) is 10.5 Å². The van der Waals surface area contributed by atoms with Crippen molar-refractivity contribution in [2.75, 3.05) is 4.90 Å². The molecule has 4 rings (SSSR count). The van der Waals surface area contributed by atoms with Crippen LogP contribution in [0.3, 0.4) is 0 Å². The Balaban J connectivity index is 1.62. The van der Waals surface area contributed by atoms with Gasteiger partial charge in [0.2, 0.25) is 0 Å². The van der Waals surface area contributed by atoms with Gasteiger partial charge in [-0.3, -0.25) is 14.9 Å². The van der Waals surface area contributed by atoms with Gasteiger partial charge in [0.05, 0.1) is 20.8 Å². The minimum absolute atomic E-state index is 0.144. The SMILES string of the molecule is O=C1NC(=O)N(c2ccccc2Cl)C(=O)/C1=C/c1cc(Cl)c(OCc2cccc(Cl)c2)c(Cl)c1. The topological polar surface area (TPSA) is 75.7 Å². The van der Waals surface area contributed by atoms with Crippen LogP contribution in [0.5, 0.6) is 5.75 Å². The Bertz CT molecular complexity index is 1330. The van der Waals surface area contributed by atoms with Crippen LogP contribution in [-0.2, 0) is 16.2 Å². The normalized spacial score (nSPS) is 15.0. The zero-order valence-electron chi connectivity index (χ0n) is 17.2. The molecular formula is C24H14Cl4N2O4. The van der Waals surface area contributed by atoms with Crippen LogP contribution in [0.25, 0.3) is 6.08 Å². The molecule has 1 fully saturated rings. The van der Waals surface area contributed by atoms with Crippen LogP contribution < -0.4 is 15.0 Å². The Morgan fingerprint density at radius 2 is 1.56 bits per heavy atom. The molecule has 3 aromatic rings. The van der Waals surface area contributed by atoms with E-state index in [9.17, 15) is 14.4 Å². The largest absolute Gasteiger partial charge is 0.486 e. The number of amides is 4. The van der Waals surface area contributed by atoms with Crippen molar-refractivity contribution < 1.29 is 19.1 Å². The Morgan fingerprint density at radius 3 is 2.24 bits per heavy atom. The maximum Gasteiger partial charge on any atom is 0.335 e. The molecule has 10 heteroatoms. The Hall–Kier alpha value is -3.03. The number of hydrogen-bond donors (Lipinski definition) is 1. The second-order valence-corrected chi connectivity index (χ2v) is 8.80. The number of imide groups is 2. The second-order valence-electron chi connectivity index (χ2n) is 7.14. The molecule has 0 spiro atoms. The number of nitrogens with one attached hydrogen (secondary N) is 1. The summed E-state index contributed by atoms with van der Waals surface area (Å²) in [7, 11) is 0. The van der Waals surface area contributed by atoms with Crippen LogP contribution in [0.15, 0.2) is 66.2 Å². The molecule has 6 nitrogen and oxygen atoms in total. The van der Waals surface area contributed by atoms with Crippen molar-refractivity contribution in [1.82, 2.24) is 5.32 Å². The number of para-hydroxylation sites is 1. The molecule has 1 aliphatic rings. The Kier molecular flexibility index (Phi) is 7.14.